The van der Waals surface area contributed by atoms with Crippen LogP contribution >= 0.6 is 11.8 Å². The first-order chi connectivity index (χ1) is 9.86. The van der Waals surface area contributed by atoms with E-state index in [1.165, 1.54) is 4.90 Å². The molecular weight excluding hydrogens is 268 g/mol. The molecule has 0 spiro atoms. The van der Waals surface area contributed by atoms with E-state index in [1.807, 2.05) is 35.4 Å². The predicted molar refractivity (Wildman–Crippen MR) is 79.5 cm³/mol. The molecule has 0 bridgehead atoms. The van der Waals surface area contributed by atoms with Gasteiger partial charge in [0.05, 0.1) is 6.04 Å². The van der Waals surface area contributed by atoms with Gasteiger partial charge in [0, 0.05) is 17.6 Å². The van der Waals surface area contributed by atoms with Gasteiger partial charge < -0.3 is 4.90 Å². The van der Waals surface area contributed by atoms with Gasteiger partial charge >= 0.3 is 0 Å². The number of carbonyl (C=O) groups excluding carboxylic acids is 1. The molecule has 3 rings (SSSR count). The standard InChI is InChI=1S/C16H16N2OS/c19-12-18-10-4-7-15(18)13-8-9-16(17-11-13)20-14-5-2-1-3-6-14/h1-3,5-6,8-9,11-12,15H,4,7,10H2/t15-/m1/s1. The van der Waals surface area contributed by atoms with E-state index in [0.717, 1.165) is 36.4 Å². The van der Waals surface area contributed by atoms with Gasteiger partial charge in [-0.1, -0.05) is 36.0 Å². The van der Waals surface area contributed by atoms with E-state index in [4.69, 9.17) is 0 Å². The van der Waals surface area contributed by atoms with Gasteiger partial charge in [0.1, 0.15) is 5.03 Å². The summed E-state index contributed by atoms with van der Waals surface area (Å²) in [5.41, 5.74) is 1.13. The van der Waals surface area contributed by atoms with Gasteiger partial charge in [-0.3, -0.25) is 4.79 Å². The van der Waals surface area contributed by atoms with Gasteiger partial charge in [-0.25, -0.2) is 4.98 Å². The molecule has 0 radical (unpaired) electrons. The van der Waals surface area contributed by atoms with Crippen molar-refractivity contribution in [1.82, 2.24) is 9.88 Å². The highest BCUT2D eigenvalue weighted by molar-refractivity contribution is 7.99. The molecule has 0 unspecified atom stereocenters. The van der Waals surface area contributed by atoms with Crippen LogP contribution in [0, 0.1) is 0 Å². The molecule has 0 saturated carbocycles. The number of nitrogens with zero attached hydrogens (tertiary/aromatic N) is 2. The largest absolute Gasteiger partial charge is 0.338 e. The third kappa shape index (κ3) is 2.85. The zero-order valence-electron chi connectivity index (χ0n) is 11.1. The van der Waals surface area contributed by atoms with Gasteiger partial charge in [0.25, 0.3) is 0 Å². The average molecular weight is 284 g/mol. The Morgan fingerprint density at radius 2 is 2.05 bits per heavy atom. The van der Waals surface area contributed by atoms with Gasteiger partial charge in [0.15, 0.2) is 0 Å². The maximum atomic E-state index is 11.0. The molecule has 1 amide bonds. The zero-order valence-corrected chi connectivity index (χ0v) is 11.9. The number of hydrogen-bond acceptors (Lipinski definition) is 3. The van der Waals surface area contributed by atoms with Crippen molar-refractivity contribution in [3.05, 3.63) is 54.2 Å². The third-order valence-corrected chi connectivity index (χ3v) is 4.50. The van der Waals surface area contributed by atoms with Gasteiger partial charge in [-0.2, -0.15) is 0 Å². The van der Waals surface area contributed by atoms with Crippen molar-refractivity contribution in [3.63, 3.8) is 0 Å². The summed E-state index contributed by atoms with van der Waals surface area (Å²) in [6.07, 6.45) is 4.96. The molecule has 102 valence electrons. The van der Waals surface area contributed by atoms with E-state index >= 15 is 0 Å². The molecule has 1 saturated heterocycles. The fraction of sp³-hybridized carbons (Fsp3) is 0.250. The molecule has 2 heterocycles. The van der Waals surface area contributed by atoms with Crippen molar-refractivity contribution in [1.29, 1.82) is 0 Å². The summed E-state index contributed by atoms with van der Waals surface area (Å²) in [4.78, 5) is 18.6. The van der Waals surface area contributed by atoms with Crippen LogP contribution in [0.3, 0.4) is 0 Å². The summed E-state index contributed by atoms with van der Waals surface area (Å²) in [6.45, 7) is 0.856. The number of pyridine rings is 1. The van der Waals surface area contributed by atoms with E-state index in [9.17, 15) is 4.79 Å². The molecule has 2 aromatic rings. The summed E-state index contributed by atoms with van der Waals surface area (Å²) >= 11 is 1.65. The molecule has 1 aliphatic heterocycles. The lowest BCUT2D eigenvalue weighted by Crippen LogP contribution is -2.21. The Bertz CT molecular complexity index is 571. The van der Waals surface area contributed by atoms with Crippen LogP contribution in [-0.2, 0) is 4.79 Å². The van der Waals surface area contributed by atoms with E-state index in [1.54, 1.807) is 11.8 Å². The van der Waals surface area contributed by atoms with Crippen molar-refractivity contribution in [2.75, 3.05) is 6.54 Å². The van der Waals surface area contributed by atoms with Crippen LogP contribution in [0.1, 0.15) is 24.4 Å². The van der Waals surface area contributed by atoms with Gasteiger partial charge in [-0.15, -0.1) is 0 Å². The second kappa shape index (κ2) is 6.09. The summed E-state index contributed by atoms with van der Waals surface area (Å²) in [5, 5.41) is 0.982. The van der Waals surface area contributed by atoms with Gasteiger partial charge in [0.2, 0.25) is 6.41 Å². The first-order valence-electron chi connectivity index (χ1n) is 6.77. The third-order valence-electron chi connectivity index (χ3n) is 3.54. The molecule has 1 aromatic carbocycles. The van der Waals surface area contributed by atoms with Crippen molar-refractivity contribution in [2.24, 2.45) is 0 Å². The van der Waals surface area contributed by atoms with Crippen LogP contribution in [-0.4, -0.2) is 22.8 Å². The lowest BCUT2D eigenvalue weighted by atomic mass is 10.1. The minimum atomic E-state index is 0.204. The first-order valence-corrected chi connectivity index (χ1v) is 7.58. The highest BCUT2D eigenvalue weighted by atomic mass is 32.2. The second-order valence-electron chi connectivity index (χ2n) is 4.85. The fourth-order valence-corrected chi connectivity index (χ4v) is 3.31. The van der Waals surface area contributed by atoms with Crippen molar-refractivity contribution in [3.8, 4) is 0 Å². The van der Waals surface area contributed by atoms with E-state index in [-0.39, 0.29) is 6.04 Å². The summed E-state index contributed by atoms with van der Waals surface area (Å²) < 4.78 is 0. The van der Waals surface area contributed by atoms with E-state index in [0.29, 0.717) is 0 Å². The number of rotatable bonds is 4. The summed E-state index contributed by atoms with van der Waals surface area (Å²) in [5.74, 6) is 0. The molecule has 4 heteroatoms. The normalized spacial score (nSPS) is 18.2. The Labute approximate surface area is 123 Å². The maximum absolute atomic E-state index is 11.0. The van der Waals surface area contributed by atoms with Crippen molar-refractivity contribution < 1.29 is 4.79 Å². The Morgan fingerprint density at radius 1 is 1.20 bits per heavy atom. The molecule has 0 N–H and O–H groups in total. The number of benzene rings is 1. The number of amides is 1. The number of carbonyl (C=O) groups is 1. The van der Waals surface area contributed by atoms with Crippen molar-refractivity contribution in [2.45, 2.75) is 28.8 Å². The van der Waals surface area contributed by atoms with Crippen LogP contribution in [0.5, 0.6) is 0 Å². The highest BCUT2D eigenvalue weighted by Gasteiger charge is 2.24. The second-order valence-corrected chi connectivity index (χ2v) is 5.94. The molecule has 1 aromatic heterocycles. The van der Waals surface area contributed by atoms with Crippen LogP contribution in [0.2, 0.25) is 0 Å². The molecule has 1 fully saturated rings. The topological polar surface area (TPSA) is 33.2 Å². The minimum absolute atomic E-state index is 0.204. The SMILES string of the molecule is O=CN1CCC[C@@H]1c1ccc(Sc2ccccc2)nc1. The Hall–Kier alpha value is -1.81. The fourth-order valence-electron chi connectivity index (χ4n) is 2.53. The monoisotopic (exact) mass is 284 g/mol. The van der Waals surface area contributed by atoms with Crippen LogP contribution < -0.4 is 0 Å². The molecule has 3 nitrogen and oxygen atoms in total. The summed E-state index contributed by atoms with van der Waals surface area (Å²) in [6, 6.07) is 14.5. The molecular formula is C16H16N2OS. The maximum Gasteiger partial charge on any atom is 0.210 e. The quantitative estimate of drug-likeness (QED) is 0.805. The summed E-state index contributed by atoms with van der Waals surface area (Å²) in [7, 11) is 0. The Kier molecular flexibility index (Phi) is 4.02. The van der Waals surface area contributed by atoms with E-state index in [2.05, 4.69) is 23.2 Å². The van der Waals surface area contributed by atoms with Crippen molar-refractivity contribution >= 4 is 18.2 Å². The molecule has 1 atom stereocenters. The average Bonchev–Trinajstić information content (AvgIpc) is 2.98. The van der Waals surface area contributed by atoms with Crippen LogP contribution in [0.25, 0.3) is 0 Å². The zero-order chi connectivity index (χ0) is 13.8. The van der Waals surface area contributed by atoms with Gasteiger partial charge in [-0.05, 0) is 36.6 Å². The van der Waals surface area contributed by atoms with Crippen LogP contribution in [0.4, 0.5) is 0 Å². The van der Waals surface area contributed by atoms with E-state index < -0.39 is 0 Å². The molecule has 1 aliphatic rings. The molecule has 0 aliphatic carbocycles. The smallest absolute Gasteiger partial charge is 0.210 e. The molecule has 20 heavy (non-hydrogen) atoms. The highest BCUT2D eigenvalue weighted by Crippen LogP contribution is 2.32. The predicted octanol–water partition coefficient (Wildman–Crippen LogP) is 3.53. The lowest BCUT2D eigenvalue weighted by Gasteiger charge is -2.19. The van der Waals surface area contributed by atoms with Crippen LogP contribution in [0.15, 0.2) is 58.6 Å². The Morgan fingerprint density at radius 3 is 2.75 bits per heavy atom. The minimum Gasteiger partial charge on any atom is -0.338 e. The number of aromatic nitrogens is 1. The first kappa shape index (κ1) is 13.2. The number of hydrogen-bond donors (Lipinski definition) is 0. The number of likely N-dealkylation sites (tertiary alicyclic amines) is 1. The Balaban J connectivity index is 1.73. The lowest BCUT2D eigenvalue weighted by molar-refractivity contribution is -0.118.